The average Bonchev–Trinajstić information content (AvgIpc) is 3.05. The van der Waals surface area contributed by atoms with Gasteiger partial charge in [-0.05, 0) is 38.5 Å². The van der Waals surface area contributed by atoms with Crippen LogP contribution in [0, 0.1) is 13.8 Å². The molecular formula is C18H21N3O5S. The summed E-state index contributed by atoms with van der Waals surface area (Å²) in [5, 5.41) is 8.61. The molecule has 1 heterocycles. The van der Waals surface area contributed by atoms with E-state index >= 15 is 0 Å². The summed E-state index contributed by atoms with van der Waals surface area (Å²) in [5.41, 5.74) is 1.69. The lowest BCUT2D eigenvalue weighted by atomic mass is 10.1. The Morgan fingerprint density at radius 3 is 2.59 bits per heavy atom. The molecule has 144 valence electrons. The van der Waals surface area contributed by atoms with Gasteiger partial charge in [-0.25, -0.2) is 4.79 Å². The molecule has 0 unspecified atom stereocenters. The van der Waals surface area contributed by atoms with Crippen molar-refractivity contribution in [2.24, 2.45) is 0 Å². The van der Waals surface area contributed by atoms with Crippen LogP contribution in [0.25, 0.3) is 0 Å². The third-order valence-electron chi connectivity index (χ3n) is 3.65. The number of ether oxygens (including phenoxy) is 1. The van der Waals surface area contributed by atoms with E-state index in [9.17, 15) is 14.4 Å². The van der Waals surface area contributed by atoms with Crippen LogP contribution >= 0.6 is 11.8 Å². The molecule has 0 aliphatic carbocycles. The molecule has 0 saturated heterocycles. The van der Waals surface area contributed by atoms with Crippen molar-refractivity contribution in [2.45, 2.75) is 26.0 Å². The summed E-state index contributed by atoms with van der Waals surface area (Å²) in [4.78, 5) is 35.9. The molecule has 1 aromatic heterocycles. The summed E-state index contributed by atoms with van der Waals surface area (Å²) in [5.74, 6) is -0.0200. The Morgan fingerprint density at radius 1 is 1.22 bits per heavy atom. The number of nitrogens with one attached hydrogen (secondary N) is 2. The molecule has 0 spiro atoms. The smallest absolute Gasteiger partial charge is 0.337 e. The Labute approximate surface area is 161 Å². The van der Waals surface area contributed by atoms with E-state index in [2.05, 4.69) is 20.5 Å². The van der Waals surface area contributed by atoms with E-state index in [4.69, 9.17) is 4.52 Å². The van der Waals surface area contributed by atoms with Gasteiger partial charge in [0.2, 0.25) is 11.8 Å². The van der Waals surface area contributed by atoms with Gasteiger partial charge >= 0.3 is 5.97 Å². The first-order chi connectivity index (χ1) is 12.8. The number of rotatable bonds is 7. The average molecular weight is 391 g/mol. The number of benzene rings is 1. The van der Waals surface area contributed by atoms with E-state index in [1.165, 1.54) is 18.9 Å². The molecule has 0 fully saturated rings. The highest BCUT2D eigenvalue weighted by Gasteiger charge is 2.17. The molecule has 0 radical (unpaired) electrons. The molecule has 2 N–H and O–H groups in total. The van der Waals surface area contributed by atoms with Crippen LogP contribution in [0.1, 0.15) is 28.6 Å². The lowest BCUT2D eigenvalue weighted by Gasteiger charge is -2.12. The first kappa shape index (κ1) is 20.5. The van der Waals surface area contributed by atoms with Crippen molar-refractivity contribution in [1.82, 2.24) is 5.16 Å². The minimum absolute atomic E-state index is 0.0777. The van der Waals surface area contributed by atoms with Crippen LogP contribution in [0.4, 0.5) is 11.5 Å². The maximum Gasteiger partial charge on any atom is 0.337 e. The third-order valence-corrected chi connectivity index (χ3v) is 4.79. The van der Waals surface area contributed by atoms with E-state index in [1.807, 2.05) is 6.92 Å². The Hall–Kier alpha value is -2.81. The van der Waals surface area contributed by atoms with Gasteiger partial charge in [-0.2, -0.15) is 0 Å². The fourth-order valence-corrected chi connectivity index (χ4v) is 2.80. The van der Waals surface area contributed by atoms with E-state index in [1.54, 1.807) is 38.1 Å². The summed E-state index contributed by atoms with van der Waals surface area (Å²) in [6.07, 6.45) is 0. The monoisotopic (exact) mass is 391 g/mol. The number of aryl methyl sites for hydroxylation is 2. The number of aromatic nitrogens is 1. The zero-order valence-corrected chi connectivity index (χ0v) is 16.3. The highest BCUT2D eigenvalue weighted by Crippen LogP contribution is 2.19. The van der Waals surface area contributed by atoms with Crippen LogP contribution in [-0.2, 0) is 14.3 Å². The maximum atomic E-state index is 12.2. The van der Waals surface area contributed by atoms with Gasteiger partial charge in [0.05, 0.1) is 23.7 Å². The summed E-state index contributed by atoms with van der Waals surface area (Å²) in [6, 6.07) is 6.53. The Kier molecular flexibility index (Phi) is 7.00. The van der Waals surface area contributed by atoms with E-state index in [-0.39, 0.29) is 17.6 Å². The van der Waals surface area contributed by atoms with Crippen molar-refractivity contribution in [2.75, 3.05) is 23.5 Å². The zero-order valence-electron chi connectivity index (χ0n) is 15.5. The van der Waals surface area contributed by atoms with Gasteiger partial charge in [-0.1, -0.05) is 11.2 Å². The van der Waals surface area contributed by atoms with Crippen LogP contribution < -0.4 is 10.6 Å². The second-order valence-corrected chi connectivity index (χ2v) is 7.16. The van der Waals surface area contributed by atoms with Crippen molar-refractivity contribution < 1.29 is 23.6 Å². The van der Waals surface area contributed by atoms with Gasteiger partial charge in [0.1, 0.15) is 5.76 Å². The summed E-state index contributed by atoms with van der Waals surface area (Å²) >= 11 is 1.18. The lowest BCUT2D eigenvalue weighted by molar-refractivity contribution is -0.115. The van der Waals surface area contributed by atoms with Gasteiger partial charge < -0.3 is 19.9 Å². The number of thioether (sulfide) groups is 1. The molecule has 1 aromatic carbocycles. The molecule has 0 saturated carbocycles. The van der Waals surface area contributed by atoms with E-state index < -0.39 is 11.2 Å². The number of nitrogens with zero attached hydrogens (tertiary/aromatic N) is 1. The normalized spacial score (nSPS) is 11.6. The van der Waals surface area contributed by atoms with Gasteiger partial charge in [-0.15, -0.1) is 11.8 Å². The first-order valence-electron chi connectivity index (χ1n) is 8.14. The molecule has 8 nitrogen and oxygen atoms in total. The first-order valence-corrected chi connectivity index (χ1v) is 9.19. The van der Waals surface area contributed by atoms with Gasteiger partial charge in [0.25, 0.3) is 0 Å². The molecule has 9 heteroatoms. The topological polar surface area (TPSA) is 111 Å². The SMILES string of the molecule is COC(=O)c1ccc(C)c(NC(=O)CS[C@H](C)C(=O)Nc2cc(C)on2)c1. The van der Waals surface area contributed by atoms with Crippen molar-refractivity contribution in [3.05, 3.63) is 41.2 Å². The second-order valence-electron chi connectivity index (χ2n) is 5.83. The van der Waals surface area contributed by atoms with Gasteiger partial charge in [0.15, 0.2) is 5.82 Å². The fraction of sp³-hybridized carbons (Fsp3) is 0.333. The molecule has 2 aromatic rings. The number of esters is 1. The number of methoxy groups -OCH3 is 1. The van der Waals surface area contributed by atoms with Crippen LogP contribution in [0.3, 0.4) is 0 Å². The molecule has 0 aliphatic heterocycles. The van der Waals surface area contributed by atoms with Crippen LogP contribution in [0.2, 0.25) is 0 Å². The van der Waals surface area contributed by atoms with Crippen LogP contribution in [0.15, 0.2) is 28.8 Å². The maximum absolute atomic E-state index is 12.2. The number of anilines is 2. The van der Waals surface area contributed by atoms with Gasteiger partial charge in [0, 0.05) is 11.8 Å². The number of hydrogen-bond donors (Lipinski definition) is 2. The highest BCUT2D eigenvalue weighted by atomic mass is 32.2. The minimum Gasteiger partial charge on any atom is -0.465 e. The molecule has 27 heavy (non-hydrogen) atoms. The predicted octanol–water partition coefficient (Wildman–Crippen LogP) is 2.78. The molecule has 0 aliphatic rings. The minimum atomic E-state index is -0.478. The van der Waals surface area contributed by atoms with Crippen molar-refractivity contribution >= 4 is 41.1 Å². The summed E-state index contributed by atoms with van der Waals surface area (Å²) in [6.45, 7) is 5.24. The van der Waals surface area contributed by atoms with Gasteiger partial charge in [-0.3, -0.25) is 9.59 Å². The predicted molar refractivity (Wildman–Crippen MR) is 103 cm³/mol. The number of carbonyl (C=O) groups is 3. The molecule has 0 bridgehead atoms. The van der Waals surface area contributed by atoms with E-state index in [0.29, 0.717) is 22.8 Å². The Morgan fingerprint density at radius 2 is 1.96 bits per heavy atom. The number of amides is 2. The molecular weight excluding hydrogens is 370 g/mol. The van der Waals surface area contributed by atoms with Crippen molar-refractivity contribution in [3.8, 4) is 0 Å². The number of hydrogen-bond acceptors (Lipinski definition) is 7. The summed E-state index contributed by atoms with van der Waals surface area (Å²) in [7, 11) is 1.30. The lowest BCUT2D eigenvalue weighted by Crippen LogP contribution is -2.25. The zero-order chi connectivity index (χ0) is 20.0. The quantitative estimate of drug-likeness (QED) is 0.698. The standard InChI is InChI=1S/C18H21N3O5S/c1-10-5-6-13(18(24)25-4)8-14(10)19-16(22)9-27-12(3)17(23)20-15-7-11(2)26-21-15/h5-8,12H,9H2,1-4H3,(H,19,22)(H,20,21,23)/t12-/m1/s1. The fourth-order valence-electron chi connectivity index (χ4n) is 2.12. The Bertz CT molecular complexity index is 849. The Balaban J connectivity index is 1.88. The van der Waals surface area contributed by atoms with Crippen LogP contribution in [0.5, 0.6) is 0 Å². The van der Waals surface area contributed by atoms with Crippen LogP contribution in [-0.4, -0.2) is 41.1 Å². The third kappa shape index (κ3) is 5.85. The van der Waals surface area contributed by atoms with Crippen molar-refractivity contribution in [1.29, 1.82) is 0 Å². The molecule has 2 amide bonds. The second kappa shape index (κ2) is 9.22. The van der Waals surface area contributed by atoms with Crippen molar-refractivity contribution in [3.63, 3.8) is 0 Å². The highest BCUT2D eigenvalue weighted by molar-refractivity contribution is 8.01. The largest absolute Gasteiger partial charge is 0.465 e. The van der Waals surface area contributed by atoms with E-state index in [0.717, 1.165) is 5.56 Å². The molecule has 1 atom stereocenters. The summed E-state index contributed by atoms with van der Waals surface area (Å²) < 4.78 is 9.57. The molecule has 2 rings (SSSR count). The number of carbonyl (C=O) groups excluding carboxylic acids is 3.